The van der Waals surface area contributed by atoms with E-state index in [0.29, 0.717) is 21.6 Å². The predicted molar refractivity (Wildman–Crippen MR) is 87.6 cm³/mol. The number of quaternary nitrogens is 1. The Morgan fingerprint density at radius 2 is 2.17 bits per heavy atom. The van der Waals surface area contributed by atoms with Crippen LogP contribution in [0.2, 0.25) is 0 Å². The molecule has 8 nitrogen and oxygen atoms in total. The molecule has 0 unspecified atom stereocenters. The number of benzene rings is 1. The first-order valence-corrected chi connectivity index (χ1v) is 7.99. The third-order valence-corrected chi connectivity index (χ3v) is 3.84. The molecule has 0 bridgehead atoms. The van der Waals surface area contributed by atoms with Crippen molar-refractivity contribution in [1.82, 2.24) is 5.32 Å². The smallest absolute Gasteiger partial charge is 0.408 e. The fraction of sp³-hybridized carbons (Fsp3) is 0.400. The Morgan fingerprint density at radius 1 is 1.50 bits per heavy atom. The third kappa shape index (κ3) is 6.45. The topological polar surface area (TPSA) is 139 Å². The summed E-state index contributed by atoms with van der Waals surface area (Å²) < 4.78 is 5.03. The molecule has 130 valence electrons. The van der Waals surface area contributed by atoms with Crippen molar-refractivity contribution < 1.29 is 24.9 Å². The van der Waals surface area contributed by atoms with Crippen LogP contribution < -0.4 is 10.8 Å². The molecular formula is C15H19N3O5S. The third-order valence-electron chi connectivity index (χ3n) is 2.66. The Bertz CT molecular complexity index is 651. The van der Waals surface area contributed by atoms with E-state index in [0.717, 1.165) is 11.8 Å². The summed E-state index contributed by atoms with van der Waals surface area (Å²) >= 11 is 1.10. The number of aliphatic carboxylic acids is 1. The number of amides is 1. The maximum absolute atomic E-state index is 11.7. The summed E-state index contributed by atoms with van der Waals surface area (Å²) in [7, 11) is 0. The molecule has 0 saturated heterocycles. The van der Waals surface area contributed by atoms with Gasteiger partial charge in [-0.15, -0.1) is 11.8 Å². The normalized spacial score (nSPS) is 12.1. The second-order valence-corrected chi connectivity index (χ2v) is 6.89. The fourth-order valence-corrected chi connectivity index (χ4v) is 2.65. The summed E-state index contributed by atoms with van der Waals surface area (Å²) in [6, 6.07) is 5.27. The molecule has 1 aromatic carbocycles. The van der Waals surface area contributed by atoms with E-state index in [1.165, 1.54) is 12.1 Å². The zero-order valence-electron chi connectivity index (χ0n) is 13.5. The molecule has 0 saturated carbocycles. The number of alkyl carbamates (subject to hydrolysis) is 1. The highest BCUT2D eigenvalue weighted by Gasteiger charge is 2.24. The van der Waals surface area contributed by atoms with Crippen LogP contribution in [0.5, 0.6) is 0 Å². The fourth-order valence-electron chi connectivity index (χ4n) is 1.64. The summed E-state index contributed by atoms with van der Waals surface area (Å²) in [5.41, 5.74) is 0.488. The van der Waals surface area contributed by atoms with Gasteiger partial charge in [-0.1, -0.05) is 0 Å². The summed E-state index contributed by atoms with van der Waals surface area (Å²) in [4.78, 5) is 23.5. The van der Waals surface area contributed by atoms with Crippen molar-refractivity contribution in [3.63, 3.8) is 0 Å². The van der Waals surface area contributed by atoms with Gasteiger partial charge in [-0.3, -0.25) is 0 Å². The average Bonchev–Trinajstić information content (AvgIpc) is 2.49. The summed E-state index contributed by atoms with van der Waals surface area (Å²) in [6.07, 6.45) is -0.828. The first-order valence-electron chi connectivity index (χ1n) is 7.00. The number of hydrogen-bond donors (Lipinski definition) is 3. The zero-order chi connectivity index (χ0) is 18.3. The van der Waals surface area contributed by atoms with Gasteiger partial charge in [-0.25, -0.2) is 9.59 Å². The van der Waals surface area contributed by atoms with E-state index in [1.807, 2.05) is 6.07 Å². The van der Waals surface area contributed by atoms with Crippen LogP contribution >= 0.6 is 11.8 Å². The van der Waals surface area contributed by atoms with E-state index >= 15 is 0 Å². The molecule has 0 aliphatic carbocycles. The lowest BCUT2D eigenvalue weighted by molar-refractivity contribution is -0.499. The van der Waals surface area contributed by atoms with Gasteiger partial charge in [0.15, 0.2) is 0 Å². The Labute approximate surface area is 143 Å². The van der Waals surface area contributed by atoms with Gasteiger partial charge in [0.2, 0.25) is 0 Å². The molecule has 0 aromatic heterocycles. The Balaban J connectivity index is 2.76. The molecule has 0 spiro atoms. The second kappa shape index (κ2) is 8.54. The molecule has 9 heteroatoms. The van der Waals surface area contributed by atoms with Crippen molar-refractivity contribution >= 4 is 29.5 Å². The van der Waals surface area contributed by atoms with Crippen LogP contribution in [0.1, 0.15) is 26.3 Å². The molecule has 1 amide bonds. The summed E-state index contributed by atoms with van der Waals surface area (Å²) in [6.45, 7) is 5.01. The number of thioether (sulfide) groups is 1. The van der Waals surface area contributed by atoms with Gasteiger partial charge in [0, 0.05) is 11.8 Å². The first kappa shape index (κ1) is 19.8. The molecule has 0 heterocycles. The summed E-state index contributed by atoms with van der Waals surface area (Å²) in [5, 5.41) is 31.4. The Morgan fingerprint density at radius 3 is 2.67 bits per heavy atom. The van der Waals surface area contributed by atoms with Crippen molar-refractivity contribution in [1.29, 1.82) is 5.26 Å². The SMILES string of the molecule is CC(C)(C)OC(=O)N[C@@H](CSc1ccc(C#N)cc1[NH2+][O-])C(=O)O. The molecule has 1 atom stereocenters. The second-order valence-electron chi connectivity index (χ2n) is 5.83. The molecule has 0 aliphatic rings. The maximum Gasteiger partial charge on any atom is 0.408 e. The number of nitrogens with zero attached hydrogens (tertiary/aromatic N) is 1. The van der Waals surface area contributed by atoms with Gasteiger partial charge in [0.1, 0.15) is 17.3 Å². The number of rotatable bonds is 6. The summed E-state index contributed by atoms with van der Waals surface area (Å²) in [5.74, 6) is -1.21. The highest BCUT2D eigenvalue weighted by molar-refractivity contribution is 7.99. The van der Waals surface area contributed by atoms with Crippen LogP contribution in [0.4, 0.5) is 10.5 Å². The van der Waals surface area contributed by atoms with Crippen LogP contribution in [0.15, 0.2) is 23.1 Å². The largest absolute Gasteiger partial charge is 0.630 e. The van der Waals surface area contributed by atoms with Crippen LogP contribution in [0.3, 0.4) is 0 Å². The van der Waals surface area contributed by atoms with E-state index in [2.05, 4.69) is 5.32 Å². The molecule has 1 rings (SSSR count). The lowest BCUT2D eigenvalue weighted by Crippen LogP contribution is -2.70. The van der Waals surface area contributed by atoms with Gasteiger partial charge in [-0.05, 0) is 32.9 Å². The van der Waals surface area contributed by atoms with E-state index in [1.54, 1.807) is 26.8 Å². The van der Waals surface area contributed by atoms with Crippen molar-refractivity contribution in [2.24, 2.45) is 0 Å². The number of carbonyl (C=O) groups is 2. The number of nitrogens with two attached hydrogens (primary N) is 1. The number of hydrogen-bond acceptors (Lipinski definition) is 6. The molecule has 0 fully saturated rings. The minimum atomic E-state index is -1.21. The number of carboxylic acids is 1. The van der Waals surface area contributed by atoms with E-state index < -0.39 is 23.7 Å². The van der Waals surface area contributed by atoms with Crippen molar-refractivity contribution in [2.45, 2.75) is 37.3 Å². The van der Waals surface area contributed by atoms with Crippen molar-refractivity contribution in [3.05, 3.63) is 29.0 Å². The lowest BCUT2D eigenvalue weighted by atomic mass is 10.2. The molecule has 0 radical (unpaired) electrons. The first-order chi connectivity index (χ1) is 11.2. The standard InChI is InChI=1S/C15H19N3O5S/c1-15(2,3)23-14(21)17-11(13(19)20)8-24-12-5-4-9(7-16)6-10(12)18-22/h4-6,11H,8,18H2,1-3H3,(H,17,21)(H,19,20)/t11-/m0/s1. The molecular weight excluding hydrogens is 334 g/mol. The van der Waals surface area contributed by atoms with E-state index in [9.17, 15) is 19.9 Å². The molecule has 24 heavy (non-hydrogen) atoms. The number of nitriles is 1. The molecule has 4 N–H and O–H groups in total. The molecule has 0 aliphatic heterocycles. The van der Waals surface area contributed by atoms with Crippen molar-refractivity contribution in [3.8, 4) is 6.07 Å². The number of ether oxygens (including phenoxy) is 1. The van der Waals surface area contributed by atoms with Gasteiger partial charge in [0.25, 0.3) is 0 Å². The zero-order valence-corrected chi connectivity index (χ0v) is 14.3. The Kier molecular flexibility index (Phi) is 7.03. The van der Waals surface area contributed by atoms with Crippen LogP contribution in [0.25, 0.3) is 0 Å². The van der Waals surface area contributed by atoms with Gasteiger partial charge < -0.3 is 25.8 Å². The monoisotopic (exact) mass is 353 g/mol. The predicted octanol–water partition coefficient (Wildman–Crippen LogP) is 1.32. The number of carbonyl (C=O) groups excluding carboxylic acids is 1. The quantitative estimate of drug-likeness (QED) is 0.398. The van der Waals surface area contributed by atoms with Gasteiger partial charge in [0.05, 0.1) is 16.5 Å². The van der Waals surface area contributed by atoms with E-state index in [4.69, 9.17) is 10.00 Å². The number of carboxylic acid groups (broad SMARTS) is 1. The molecule has 1 aromatic rings. The Hall–Kier alpha value is -2.28. The minimum Gasteiger partial charge on any atom is -0.630 e. The van der Waals surface area contributed by atoms with Crippen LogP contribution in [-0.2, 0) is 9.53 Å². The van der Waals surface area contributed by atoms with Crippen molar-refractivity contribution in [2.75, 3.05) is 5.75 Å². The van der Waals surface area contributed by atoms with Crippen LogP contribution in [0, 0.1) is 16.5 Å². The van der Waals surface area contributed by atoms with E-state index in [-0.39, 0.29) is 5.75 Å². The number of nitrogens with one attached hydrogen (secondary N) is 1. The van der Waals surface area contributed by atoms with Gasteiger partial charge >= 0.3 is 12.1 Å². The van der Waals surface area contributed by atoms with Crippen LogP contribution in [-0.4, -0.2) is 34.6 Å². The highest BCUT2D eigenvalue weighted by Crippen LogP contribution is 2.25. The van der Waals surface area contributed by atoms with Gasteiger partial charge in [-0.2, -0.15) is 5.26 Å². The average molecular weight is 353 g/mol. The maximum atomic E-state index is 11.7. The lowest BCUT2D eigenvalue weighted by Gasteiger charge is -2.22. The highest BCUT2D eigenvalue weighted by atomic mass is 32.2. The minimum absolute atomic E-state index is 0.00131.